The van der Waals surface area contributed by atoms with Gasteiger partial charge in [-0.3, -0.25) is 0 Å². The van der Waals surface area contributed by atoms with Crippen LogP contribution >= 0.6 is 11.3 Å². The molecule has 1 aliphatic carbocycles. The maximum absolute atomic E-state index is 5.85. The molecule has 1 aliphatic heterocycles. The molecule has 190 valence electrons. The number of rotatable bonds is 10. The van der Waals surface area contributed by atoms with E-state index in [1.807, 2.05) is 23.5 Å². The zero-order chi connectivity index (χ0) is 24.5. The Kier molecular flexibility index (Phi) is 7.23. The maximum Gasteiger partial charge on any atom is 0.144 e. The first-order valence-electron chi connectivity index (χ1n) is 12.6. The van der Waals surface area contributed by atoms with Crippen LogP contribution < -0.4 is 14.4 Å². The Morgan fingerprint density at radius 3 is 2.20 bits per heavy atom. The molecule has 3 aromatic rings. The van der Waals surface area contributed by atoms with E-state index in [9.17, 15) is 0 Å². The lowest BCUT2D eigenvalue weighted by atomic mass is 9.99. The number of hydrogen-bond acceptors (Lipinski definition) is 7. The van der Waals surface area contributed by atoms with Gasteiger partial charge in [-0.25, -0.2) is 4.52 Å². The Morgan fingerprint density at radius 2 is 1.63 bits per heavy atom. The molecule has 0 bridgehead atoms. The minimum atomic E-state index is 0.498. The molecule has 35 heavy (non-hydrogen) atoms. The number of thiazole rings is 1. The number of fused-ring (bicyclic) bond motifs is 1. The van der Waals surface area contributed by atoms with E-state index in [-0.39, 0.29) is 0 Å². The topological polar surface area (TPSA) is 57.5 Å². The Balaban J connectivity index is 1.60. The highest BCUT2D eigenvalue weighted by atomic mass is 32.1. The Labute approximate surface area is 211 Å². The molecule has 0 spiro atoms. The standard InChI is InChI=1S/C27H37N3O4S/c1-17-25(29(14-19-6-7-19)15-20-8-10-34-11-9-20)27-30(28-17)26(18(2)35-27)24-22(32-4)12-21(16-31-3)13-23(24)33-5/h12-13,19-20H,6-11,14-16H2,1-5H3. The number of benzene rings is 1. The van der Waals surface area contributed by atoms with Gasteiger partial charge in [-0.2, -0.15) is 5.10 Å². The number of aromatic nitrogens is 2. The van der Waals surface area contributed by atoms with Crippen LogP contribution in [0.5, 0.6) is 11.5 Å². The van der Waals surface area contributed by atoms with Gasteiger partial charge in [0.05, 0.1) is 43.5 Å². The number of nitrogens with zero attached hydrogens (tertiary/aromatic N) is 3. The van der Waals surface area contributed by atoms with E-state index >= 15 is 0 Å². The predicted molar refractivity (Wildman–Crippen MR) is 140 cm³/mol. The van der Waals surface area contributed by atoms with Gasteiger partial charge in [0.1, 0.15) is 16.3 Å². The van der Waals surface area contributed by atoms with Crippen LogP contribution in [0.1, 0.15) is 41.8 Å². The quantitative estimate of drug-likeness (QED) is 0.368. The van der Waals surface area contributed by atoms with Crippen molar-refractivity contribution in [3.8, 4) is 22.8 Å². The van der Waals surface area contributed by atoms with Crippen LogP contribution in [0, 0.1) is 25.7 Å². The second-order valence-corrected chi connectivity index (χ2v) is 11.1. The van der Waals surface area contributed by atoms with E-state index in [0.29, 0.717) is 12.5 Å². The predicted octanol–water partition coefficient (Wildman–Crippen LogP) is 5.49. The monoisotopic (exact) mass is 499 g/mol. The fraction of sp³-hybridized carbons (Fsp3) is 0.593. The van der Waals surface area contributed by atoms with Crippen LogP contribution in [0.4, 0.5) is 5.69 Å². The van der Waals surface area contributed by atoms with E-state index in [0.717, 1.165) is 79.1 Å². The molecule has 2 aromatic heterocycles. The molecule has 1 saturated carbocycles. The number of methoxy groups -OCH3 is 3. The van der Waals surface area contributed by atoms with E-state index < -0.39 is 0 Å². The lowest BCUT2D eigenvalue weighted by Gasteiger charge is -2.31. The summed E-state index contributed by atoms with van der Waals surface area (Å²) in [4.78, 5) is 5.02. The summed E-state index contributed by atoms with van der Waals surface area (Å²) in [5, 5.41) is 5.09. The fourth-order valence-corrected chi connectivity index (χ4v) is 6.46. The lowest BCUT2D eigenvalue weighted by molar-refractivity contribution is 0.0682. The second-order valence-electron chi connectivity index (χ2n) is 9.87. The summed E-state index contributed by atoms with van der Waals surface area (Å²) in [6.45, 7) is 8.76. The third-order valence-corrected chi connectivity index (χ3v) is 8.27. The van der Waals surface area contributed by atoms with Crippen LogP contribution in [0.3, 0.4) is 0 Å². The number of aryl methyl sites for hydroxylation is 2. The van der Waals surface area contributed by atoms with Crippen LogP contribution in [-0.4, -0.2) is 57.2 Å². The van der Waals surface area contributed by atoms with Crippen molar-refractivity contribution in [2.45, 2.75) is 46.1 Å². The lowest BCUT2D eigenvalue weighted by Crippen LogP contribution is -2.34. The van der Waals surface area contributed by atoms with Crippen molar-refractivity contribution >= 4 is 21.9 Å². The first kappa shape index (κ1) is 24.4. The summed E-state index contributed by atoms with van der Waals surface area (Å²) < 4.78 is 24.8. The van der Waals surface area contributed by atoms with Crippen molar-refractivity contribution in [3.63, 3.8) is 0 Å². The fourth-order valence-electron chi connectivity index (χ4n) is 5.29. The Bertz CT molecular complexity index is 1150. The van der Waals surface area contributed by atoms with Gasteiger partial charge in [0.15, 0.2) is 0 Å². The van der Waals surface area contributed by atoms with Gasteiger partial charge in [0, 0.05) is 38.3 Å². The van der Waals surface area contributed by atoms with Gasteiger partial charge in [-0.15, -0.1) is 11.3 Å². The molecule has 5 rings (SSSR count). The molecule has 3 heterocycles. The zero-order valence-corrected chi connectivity index (χ0v) is 22.4. The summed E-state index contributed by atoms with van der Waals surface area (Å²) in [7, 11) is 5.11. The van der Waals surface area contributed by atoms with Gasteiger partial charge in [0.25, 0.3) is 0 Å². The normalized spacial score (nSPS) is 16.7. The second kappa shape index (κ2) is 10.4. The first-order valence-corrected chi connectivity index (χ1v) is 13.4. The molecule has 0 amide bonds. The van der Waals surface area contributed by atoms with Crippen molar-refractivity contribution in [1.29, 1.82) is 0 Å². The highest BCUT2D eigenvalue weighted by Crippen LogP contribution is 2.46. The summed E-state index contributed by atoms with van der Waals surface area (Å²) in [5.41, 5.74) is 5.36. The highest BCUT2D eigenvalue weighted by Gasteiger charge is 2.31. The summed E-state index contributed by atoms with van der Waals surface area (Å²) >= 11 is 1.81. The number of anilines is 1. The summed E-state index contributed by atoms with van der Waals surface area (Å²) in [6.07, 6.45) is 4.96. The van der Waals surface area contributed by atoms with Crippen molar-refractivity contribution in [1.82, 2.24) is 9.61 Å². The molecule has 7 nitrogen and oxygen atoms in total. The highest BCUT2D eigenvalue weighted by molar-refractivity contribution is 7.18. The Morgan fingerprint density at radius 1 is 1.00 bits per heavy atom. The number of hydrogen-bond donors (Lipinski definition) is 0. The van der Waals surface area contributed by atoms with Crippen LogP contribution in [-0.2, 0) is 16.1 Å². The van der Waals surface area contributed by atoms with Gasteiger partial charge in [-0.1, -0.05) is 0 Å². The largest absolute Gasteiger partial charge is 0.496 e. The van der Waals surface area contributed by atoms with Crippen molar-refractivity contribution in [2.24, 2.45) is 11.8 Å². The molecule has 0 unspecified atom stereocenters. The minimum absolute atomic E-state index is 0.498. The van der Waals surface area contributed by atoms with E-state index in [2.05, 4.69) is 23.3 Å². The maximum atomic E-state index is 5.85. The number of ether oxygens (including phenoxy) is 4. The molecule has 1 saturated heterocycles. The first-order chi connectivity index (χ1) is 17.0. The molecule has 2 aliphatic rings. The SMILES string of the molecule is COCc1cc(OC)c(-c2c(C)sc3c(N(CC4CCOCC4)CC4CC4)c(C)nn23)c(OC)c1. The third kappa shape index (κ3) is 4.88. The molecular formula is C27H37N3O4S. The van der Waals surface area contributed by atoms with Gasteiger partial charge in [0.2, 0.25) is 0 Å². The van der Waals surface area contributed by atoms with Crippen molar-refractivity contribution in [3.05, 3.63) is 28.3 Å². The van der Waals surface area contributed by atoms with Crippen molar-refractivity contribution < 1.29 is 18.9 Å². The van der Waals surface area contributed by atoms with Gasteiger partial charge < -0.3 is 23.8 Å². The molecular weight excluding hydrogens is 462 g/mol. The molecule has 0 radical (unpaired) electrons. The summed E-state index contributed by atoms with van der Waals surface area (Å²) in [6, 6.07) is 4.07. The van der Waals surface area contributed by atoms with Crippen LogP contribution in [0.2, 0.25) is 0 Å². The van der Waals surface area contributed by atoms with Gasteiger partial charge >= 0.3 is 0 Å². The Hall–Kier alpha value is -2.29. The van der Waals surface area contributed by atoms with Crippen molar-refractivity contribution in [2.75, 3.05) is 52.5 Å². The minimum Gasteiger partial charge on any atom is -0.496 e. The van der Waals surface area contributed by atoms with E-state index in [4.69, 9.17) is 24.0 Å². The molecule has 8 heteroatoms. The molecule has 0 atom stereocenters. The molecule has 0 N–H and O–H groups in total. The zero-order valence-electron chi connectivity index (χ0n) is 21.6. The van der Waals surface area contributed by atoms with Gasteiger partial charge in [-0.05, 0) is 69.1 Å². The third-order valence-electron chi connectivity index (χ3n) is 7.21. The average Bonchev–Trinajstić information content (AvgIpc) is 3.55. The van der Waals surface area contributed by atoms with Crippen LogP contribution in [0.15, 0.2) is 12.1 Å². The van der Waals surface area contributed by atoms with E-state index in [1.165, 1.54) is 28.2 Å². The summed E-state index contributed by atoms with van der Waals surface area (Å²) in [5.74, 6) is 3.01. The smallest absolute Gasteiger partial charge is 0.144 e. The molecule has 1 aromatic carbocycles. The average molecular weight is 500 g/mol. The van der Waals surface area contributed by atoms with Crippen LogP contribution in [0.25, 0.3) is 16.1 Å². The molecule has 2 fully saturated rings. The van der Waals surface area contributed by atoms with E-state index in [1.54, 1.807) is 21.3 Å².